The van der Waals surface area contributed by atoms with E-state index in [9.17, 15) is 0 Å². The highest BCUT2D eigenvalue weighted by molar-refractivity contribution is 6.58. The van der Waals surface area contributed by atoms with Crippen LogP contribution in [-0.2, 0) is 0 Å². The van der Waals surface area contributed by atoms with E-state index in [0.717, 1.165) is 0 Å². The van der Waals surface area contributed by atoms with E-state index in [1.807, 2.05) is 0 Å². The summed E-state index contributed by atoms with van der Waals surface area (Å²) in [6.45, 7) is 0. The lowest BCUT2D eigenvalue weighted by Gasteiger charge is -1.99. The molecule has 2 N–H and O–H groups in total. The highest BCUT2D eigenvalue weighted by Crippen LogP contribution is 2.15. The zero-order valence-electron chi connectivity index (χ0n) is 7.29. The van der Waals surface area contributed by atoms with E-state index in [2.05, 4.69) is 4.98 Å². The Hall–Kier alpha value is -1.59. The fourth-order valence-corrected chi connectivity index (χ4v) is 1.13. The summed E-state index contributed by atoms with van der Waals surface area (Å²) in [5.74, 6) is 0.656. The van der Waals surface area contributed by atoms with Gasteiger partial charge in [0.15, 0.2) is 5.76 Å². The molecule has 0 aliphatic rings. The van der Waals surface area contributed by atoms with Crippen molar-refractivity contribution in [3.8, 4) is 11.5 Å². The van der Waals surface area contributed by atoms with Crippen LogP contribution in [0.1, 0.15) is 0 Å². The van der Waals surface area contributed by atoms with Crippen molar-refractivity contribution in [1.29, 1.82) is 0 Å². The Morgan fingerprint density at radius 2 is 2.07 bits per heavy atom. The summed E-state index contributed by atoms with van der Waals surface area (Å²) in [4.78, 5) is 4.03. The van der Waals surface area contributed by atoms with Crippen molar-refractivity contribution >= 4 is 12.6 Å². The molecular formula is C9H8BNO3. The van der Waals surface area contributed by atoms with Crippen LogP contribution in [0.4, 0.5) is 0 Å². The molecule has 0 saturated carbocycles. The molecule has 2 aromatic heterocycles. The fourth-order valence-electron chi connectivity index (χ4n) is 1.13. The average Bonchev–Trinajstić information content (AvgIpc) is 2.71. The van der Waals surface area contributed by atoms with Gasteiger partial charge in [0.1, 0.15) is 5.69 Å². The van der Waals surface area contributed by atoms with Crippen molar-refractivity contribution in [1.82, 2.24) is 4.98 Å². The maximum Gasteiger partial charge on any atom is 0.490 e. The lowest BCUT2D eigenvalue weighted by Crippen LogP contribution is -2.29. The lowest BCUT2D eigenvalue weighted by molar-refractivity contribution is 0.425. The molecule has 14 heavy (non-hydrogen) atoms. The smallest absolute Gasteiger partial charge is 0.463 e. The first-order valence-electron chi connectivity index (χ1n) is 4.13. The number of hydrogen-bond donors (Lipinski definition) is 2. The number of nitrogens with zero attached hydrogens (tertiary/aromatic N) is 1. The van der Waals surface area contributed by atoms with Crippen molar-refractivity contribution in [3.63, 3.8) is 0 Å². The van der Waals surface area contributed by atoms with E-state index in [0.29, 0.717) is 16.9 Å². The molecule has 0 bridgehead atoms. The van der Waals surface area contributed by atoms with Crippen LogP contribution in [-0.4, -0.2) is 22.2 Å². The van der Waals surface area contributed by atoms with Crippen LogP contribution in [0.25, 0.3) is 11.5 Å². The van der Waals surface area contributed by atoms with Gasteiger partial charge in [-0.15, -0.1) is 0 Å². The molecule has 0 radical (unpaired) electrons. The molecule has 70 valence electrons. The first-order chi connectivity index (χ1) is 6.77. The molecular weight excluding hydrogens is 181 g/mol. The van der Waals surface area contributed by atoms with Gasteiger partial charge in [-0.25, -0.2) is 0 Å². The van der Waals surface area contributed by atoms with Gasteiger partial charge in [0.25, 0.3) is 0 Å². The summed E-state index contributed by atoms with van der Waals surface area (Å²) >= 11 is 0. The Bertz CT molecular complexity index is 397. The summed E-state index contributed by atoms with van der Waals surface area (Å²) in [6, 6.07) is 6.83. The summed E-state index contributed by atoms with van der Waals surface area (Å²) in [6.07, 6.45) is 2.97. The van der Waals surface area contributed by atoms with E-state index in [1.54, 1.807) is 30.5 Å². The van der Waals surface area contributed by atoms with E-state index < -0.39 is 7.12 Å². The summed E-state index contributed by atoms with van der Waals surface area (Å²) in [5.41, 5.74) is 1.03. The van der Waals surface area contributed by atoms with Gasteiger partial charge in [-0.3, -0.25) is 4.98 Å². The van der Waals surface area contributed by atoms with Crippen molar-refractivity contribution in [2.45, 2.75) is 0 Å². The molecule has 0 atom stereocenters. The number of hydrogen-bond acceptors (Lipinski definition) is 4. The molecule has 0 saturated heterocycles. The van der Waals surface area contributed by atoms with Crippen LogP contribution in [0.5, 0.6) is 0 Å². The van der Waals surface area contributed by atoms with E-state index in [1.165, 1.54) is 6.20 Å². The zero-order valence-corrected chi connectivity index (χ0v) is 7.29. The molecule has 2 aromatic rings. The molecule has 5 heteroatoms. The largest absolute Gasteiger partial charge is 0.490 e. The van der Waals surface area contributed by atoms with Crippen molar-refractivity contribution in [3.05, 3.63) is 36.7 Å². The van der Waals surface area contributed by atoms with Crippen LogP contribution in [0, 0.1) is 0 Å². The van der Waals surface area contributed by atoms with Gasteiger partial charge in [0.2, 0.25) is 0 Å². The molecule has 0 spiro atoms. The minimum absolute atomic E-state index is 0.361. The van der Waals surface area contributed by atoms with Crippen LogP contribution in [0.3, 0.4) is 0 Å². The lowest BCUT2D eigenvalue weighted by atomic mass is 9.82. The first kappa shape index (κ1) is 8.99. The summed E-state index contributed by atoms with van der Waals surface area (Å²) in [5, 5.41) is 17.7. The monoisotopic (exact) mass is 189 g/mol. The maximum absolute atomic E-state index is 8.84. The number of aromatic nitrogens is 1. The highest BCUT2D eigenvalue weighted by Gasteiger charge is 2.11. The maximum atomic E-state index is 8.84. The topological polar surface area (TPSA) is 66.5 Å². The van der Waals surface area contributed by atoms with Crippen LogP contribution < -0.4 is 5.46 Å². The third kappa shape index (κ3) is 1.68. The number of pyridine rings is 1. The Labute approximate surface area is 81.0 Å². The number of furan rings is 1. The van der Waals surface area contributed by atoms with Crippen molar-refractivity contribution < 1.29 is 14.5 Å². The molecule has 0 fully saturated rings. The van der Waals surface area contributed by atoms with Gasteiger partial charge < -0.3 is 14.5 Å². The molecule has 0 aromatic carbocycles. The van der Waals surface area contributed by atoms with Gasteiger partial charge in [-0.2, -0.15) is 0 Å². The second-order valence-corrected chi connectivity index (χ2v) is 2.83. The molecule has 0 unspecified atom stereocenters. The minimum atomic E-state index is -1.48. The third-order valence-corrected chi connectivity index (χ3v) is 1.86. The standard InChI is InChI=1S/C9H8BNO3/c12-10(13)7-3-4-8(11-6-7)9-2-1-5-14-9/h1-6,12-13H. The summed E-state index contributed by atoms with van der Waals surface area (Å²) in [7, 11) is -1.48. The molecule has 4 nitrogen and oxygen atoms in total. The molecule has 2 rings (SSSR count). The van der Waals surface area contributed by atoms with E-state index in [-0.39, 0.29) is 0 Å². The van der Waals surface area contributed by atoms with E-state index >= 15 is 0 Å². The zero-order chi connectivity index (χ0) is 9.97. The molecule has 0 amide bonds. The highest BCUT2D eigenvalue weighted by atomic mass is 16.4. The van der Waals surface area contributed by atoms with Gasteiger partial charge in [0, 0.05) is 11.7 Å². The normalized spacial score (nSPS) is 10.1. The van der Waals surface area contributed by atoms with Crippen LogP contribution in [0.15, 0.2) is 41.1 Å². The quantitative estimate of drug-likeness (QED) is 0.653. The Morgan fingerprint density at radius 3 is 2.57 bits per heavy atom. The van der Waals surface area contributed by atoms with Crippen LogP contribution >= 0.6 is 0 Å². The minimum Gasteiger partial charge on any atom is -0.463 e. The average molecular weight is 189 g/mol. The SMILES string of the molecule is OB(O)c1ccc(-c2ccco2)nc1. The van der Waals surface area contributed by atoms with E-state index in [4.69, 9.17) is 14.5 Å². The molecule has 0 aliphatic heterocycles. The van der Waals surface area contributed by atoms with Gasteiger partial charge in [-0.05, 0) is 18.2 Å². The third-order valence-electron chi connectivity index (χ3n) is 1.86. The van der Waals surface area contributed by atoms with Gasteiger partial charge in [-0.1, -0.05) is 6.07 Å². The van der Waals surface area contributed by atoms with Crippen molar-refractivity contribution in [2.75, 3.05) is 0 Å². The molecule has 0 aliphatic carbocycles. The van der Waals surface area contributed by atoms with Crippen molar-refractivity contribution in [2.24, 2.45) is 0 Å². The second kappa shape index (κ2) is 3.65. The Balaban J connectivity index is 2.31. The first-order valence-corrected chi connectivity index (χ1v) is 4.13. The predicted molar refractivity (Wildman–Crippen MR) is 51.8 cm³/mol. The fraction of sp³-hybridized carbons (Fsp3) is 0. The Kier molecular flexibility index (Phi) is 2.34. The second-order valence-electron chi connectivity index (χ2n) is 2.83. The van der Waals surface area contributed by atoms with Gasteiger partial charge in [0.05, 0.1) is 6.26 Å². The van der Waals surface area contributed by atoms with Gasteiger partial charge >= 0.3 is 7.12 Å². The summed E-state index contributed by atoms with van der Waals surface area (Å²) < 4.78 is 5.13. The van der Waals surface area contributed by atoms with Crippen LogP contribution in [0.2, 0.25) is 0 Å². The number of rotatable bonds is 2. The Morgan fingerprint density at radius 1 is 1.21 bits per heavy atom. The molecule has 2 heterocycles. The predicted octanol–water partition coefficient (Wildman–Crippen LogP) is 0.0214.